The van der Waals surface area contributed by atoms with Crippen LogP contribution in [0.4, 0.5) is 0 Å². The number of carboxylic acids is 1. The fourth-order valence-electron chi connectivity index (χ4n) is 1.63. The predicted octanol–water partition coefficient (Wildman–Crippen LogP) is 0.245. The first-order chi connectivity index (χ1) is 6.20. The SMILES string of the molecule is CC1NCCn2c(C(=O)O)cnc21. The molecule has 0 spiro atoms. The number of carboxylic acid groups (broad SMARTS) is 1. The molecule has 0 bridgehead atoms. The highest BCUT2D eigenvalue weighted by atomic mass is 16.4. The Bertz CT molecular complexity index is 345. The minimum atomic E-state index is -0.909. The zero-order valence-electron chi connectivity index (χ0n) is 7.32. The van der Waals surface area contributed by atoms with Crippen molar-refractivity contribution < 1.29 is 9.90 Å². The topological polar surface area (TPSA) is 67.2 Å². The molecular weight excluding hydrogens is 170 g/mol. The molecule has 1 aromatic rings. The second-order valence-corrected chi connectivity index (χ2v) is 3.13. The largest absolute Gasteiger partial charge is 0.477 e. The number of carbonyl (C=O) groups is 1. The molecule has 2 rings (SSSR count). The van der Waals surface area contributed by atoms with Gasteiger partial charge in [-0.2, -0.15) is 0 Å². The van der Waals surface area contributed by atoms with E-state index in [9.17, 15) is 4.79 Å². The quantitative estimate of drug-likeness (QED) is 0.651. The summed E-state index contributed by atoms with van der Waals surface area (Å²) < 4.78 is 1.75. The first-order valence-corrected chi connectivity index (χ1v) is 4.22. The summed E-state index contributed by atoms with van der Waals surface area (Å²) in [5.74, 6) is -0.100. The standard InChI is InChI=1S/C8H11N3O2/c1-5-7-10-4-6(8(12)13)11(7)3-2-9-5/h4-5,9H,2-3H2,1H3,(H,12,13). The first-order valence-electron chi connectivity index (χ1n) is 4.22. The van der Waals surface area contributed by atoms with Gasteiger partial charge in [-0.05, 0) is 6.92 Å². The van der Waals surface area contributed by atoms with E-state index in [0.29, 0.717) is 6.54 Å². The third-order valence-corrected chi connectivity index (χ3v) is 2.28. The monoisotopic (exact) mass is 181 g/mol. The summed E-state index contributed by atoms with van der Waals surface area (Å²) in [6, 6.07) is 0.141. The number of aromatic carboxylic acids is 1. The highest BCUT2D eigenvalue weighted by Gasteiger charge is 2.22. The van der Waals surface area contributed by atoms with Gasteiger partial charge in [0.2, 0.25) is 0 Å². The van der Waals surface area contributed by atoms with Gasteiger partial charge in [-0.15, -0.1) is 0 Å². The highest BCUT2D eigenvalue weighted by molar-refractivity contribution is 5.85. The Hall–Kier alpha value is -1.36. The minimum absolute atomic E-state index is 0.141. The number of nitrogens with zero attached hydrogens (tertiary/aromatic N) is 2. The minimum Gasteiger partial charge on any atom is -0.477 e. The van der Waals surface area contributed by atoms with Crippen molar-refractivity contribution in [1.82, 2.24) is 14.9 Å². The van der Waals surface area contributed by atoms with Crippen LogP contribution >= 0.6 is 0 Å². The third-order valence-electron chi connectivity index (χ3n) is 2.28. The van der Waals surface area contributed by atoms with Crippen LogP contribution in [-0.2, 0) is 6.54 Å². The van der Waals surface area contributed by atoms with Crippen molar-refractivity contribution >= 4 is 5.97 Å². The van der Waals surface area contributed by atoms with Crippen molar-refractivity contribution in [2.24, 2.45) is 0 Å². The van der Waals surface area contributed by atoms with Gasteiger partial charge >= 0.3 is 5.97 Å². The lowest BCUT2D eigenvalue weighted by Crippen LogP contribution is -2.33. The van der Waals surface area contributed by atoms with Gasteiger partial charge in [-0.25, -0.2) is 9.78 Å². The van der Waals surface area contributed by atoms with E-state index in [-0.39, 0.29) is 11.7 Å². The summed E-state index contributed by atoms with van der Waals surface area (Å²) in [6.45, 7) is 3.45. The van der Waals surface area contributed by atoms with E-state index >= 15 is 0 Å². The van der Waals surface area contributed by atoms with Crippen LogP contribution in [-0.4, -0.2) is 27.2 Å². The summed E-state index contributed by atoms with van der Waals surface area (Å²) in [5.41, 5.74) is 0.281. The molecule has 1 aliphatic rings. The molecule has 0 saturated heterocycles. The average molecular weight is 181 g/mol. The van der Waals surface area contributed by atoms with Gasteiger partial charge in [-0.1, -0.05) is 0 Å². The Labute approximate surface area is 75.4 Å². The molecule has 1 unspecified atom stereocenters. The summed E-state index contributed by atoms with van der Waals surface area (Å²) in [5, 5.41) is 12.0. The van der Waals surface area contributed by atoms with Crippen LogP contribution in [0.5, 0.6) is 0 Å². The van der Waals surface area contributed by atoms with E-state index in [0.717, 1.165) is 12.4 Å². The summed E-state index contributed by atoms with van der Waals surface area (Å²) in [6.07, 6.45) is 1.42. The third kappa shape index (κ3) is 1.21. The molecule has 1 aromatic heterocycles. The average Bonchev–Trinajstić information content (AvgIpc) is 2.48. The van der Waals surface area contributed by atoms with Gasteiger partial charge in [-0.3, -0.25) is 0 Å². The van der Waals surface area contributed by atoms with E-state index in [1.165, 1.54) is 6.20 Å². The van der Waals surface area contributed by atoms with Crippen LogP contribution in [0.15, 0.2) is 6.20 Å². The summed E-state index contributed by atoms with van der Waals surface area (Å²) in [7, 11) is 0. The van der Waals surface area contributed by atoms with Gasteiger partial charge in [0.15, 0.2) is 0 Å². The van der Waals surface area contributed by atoms with Gasteiger partial charge in [0.05, 0.1) is 12.2 Å². The smallest absolute Gasteiger partial charge is 0.354 e. The Kier molecular flexibility index (Phi) is 1.81. The molecule has 0 amide bonds. The zero-order valence-corrected chi connectivity index (χ0v) is 7.32. The number of rotatable bonds is 1. The molecule has 1 aliphatic heterocycles. The summed E-state index contributed by atoms with van der Waals surface area (Å²) in [4.78, 5) is 14.8. The molecule has 2 heterocycles. The van der Waals surface area contributed by atoms with Crippen LogP contribution < -0.4 is 5.32 Å². The maximum Gasteiger partial charge on any atom is 0.354 e. The maximum atomic E-state index is 10.8. The van der Waals surface area contributed by atoms with Gasteiger partial charge in [0, 0.05) is 13.1 Å². The highest BCUT2D eigenvalue weighted by Crippen LogP contribution is 2.16. The van der Waals surface area contributed by atoms with E-state index in [1.54, 1.807) is 4.57 Å². The van der Waals surface area contributed by atoms with Gasteiger partial charge < -0.3 is 15.0 Å². The molecule has 5 heteroatoms. The Morgan fingerprint density at radius 3 is 3.31 bits per heavy atom. The fraction of sp³-hybridized carbons (Fsp3) is 0.500. The molecule has 0 saturated carbocycles. The molecule has 1 atom stereocenters. The van der Waals surface area contributed by atoms with E-state index in [1.807, 2.05) is 6.92 Å². The van der Waals surface area contributed by atoms with Crippen molar-refractivity contribution in [3.8, 4) is 0 Å². The number of aromatic nitrogens is 2. The van der Waals surface area contributed by atoms with Crippen LogP contribution in [0.25, 0.3) is 0 Å². The van der Waals surface area contributed by atoms with Crippen LogP contribution in [0.2, 0.25) is 0 Å². The van der Waals surface area contributed by atoms with Crippen LogP contribution in [0, 0.1) is 0 Å². The normalized spacial score (nSPS) is 21.2. The molecule has 0 fully saturated rings. The maximum absolute atomic E-state index is 10.8. The lowest BCUT2D eigenvalue weighted by molar-refractivity contribution is 0.0683. The molecule has 0 aromatic carbocycles. The van der Waals surface area contributed by atoms with E-state index in [4.69, 9.17) is 5.11 Å². The first kappa shape index (κ1) is 8.25. The number of nitrogens with one attached hydrogen (secondary N) is 1. The number of hydrogen-bond acceptors (Lipinski definition) is 3. The van der Waals surface area contributed by atoms with Crippen molar-refractivity contribution in [3.63, 3.8) is 0 Å². The van der Waals surface area contributed by atoms with Crippen molar-refractivity contribution in [2.45, 2.75) is 19.5 Å². The van der Waals surface area contributed by atoms with Crippen LogP contribution in [0.3, 0.4) is 0 Å². The lowest BCUT2D eigenvalue weighted by atomic mass is 10.2. The van der Waals surface area contributed by atoms with Crippen molar-refractivity contribution in [1.29, 1.82) is 0 Å². The van der Waals surface area contributed by atoms with Crippen molar-refractivity contribution in [2.75, 3.05) is 6.54 Å². The van der Waals surface area contributed by atoms with E-state index < -0.39 is 5.97 Å². The number of hydrogen-bond donors (Lipinski definition) is 2. The van der Waals surface area contributed by atoms with E-state index in [2.05, 4.69) is 10.3 Å². The lowest BCUT2D eigenvalue weighted by Gasteiger charge is -2.22. The Morgan fingerprint density at radius 1 is 1.85 bits per heavy atom. The molecule has 5 nitrogen and oxygen atoms in total. The van der Waals surface area contributed by atoms with Crippen LogP contribution in [0.1, 0.15) is 29.3 Å². The second kappa shape index (κ2) is 2.85. The molecule has 0 aliphatic carbocycles. The Balaban J connectivity index is 2.47. The molecule has 70 valence electrons. The second-order valence-electron chi connectivity index (χ2n) is 3.13. The summed E-state index contributed by atoms with van der Waals surface area (Å²) >= 11 is 0. The van der Waals surface area contributed by atoms with Gasteiger partial charge in [0.1, 0.15) is 11.5 Å². The molecule has 2 N–H and O–H groups in total. The van der Waals surface area contributed by atoms with Crippen molar-refractivity contribution in [3.05, 3.63) is 17.7 Å². The Morgan fingerprint density at radius 2 is 2.62 bits per heavy atom. The molecule has 0 radical (unpaired) electrons. The fourth-order valence-corrected chi connectivity index (χ4v) is 1.63. The number of imidazole rings is 1. The number of fused-ring (bicyclic) bond motifs is 1. The molecular formula is C8H11N3O2. The molecule has 13 heavy (non-hydrogen) atoms. The van der Waals surface area contributed by atoms with Gasteiger partial charge in [0.25, 0.3) is 0 Å². The predicted molar refractivity (Wildman–Crippen MR) is 45.6 cm³/mol. The zero-order chi connectivity index (χ0) is 9.42.